The summed E-state index contributed by atoms with van der Waals surface area (Å²) in [5.41, 5.74) is 2.91. The van der Waals surface area contributed by atoms with Gasteiger partial charge in [-0.05, 0) is 30.3 Å². The van der Waals surface area contributed by atoms with Crippen LogP contribution in [0.4, 0.5) is 5.69 Å². The molecule has 0 saturated carbocycles. The van der Waals surface area contributed by atoms with E-state index in [2.05, 4.69) is 30.8 Å². The van der Waals surface area contributed by atoms with Crippen LogP contribution in [0.25, 0.3) is 11.5 Å². The summed E-state index contributed by atoms with van der Waals surface area (Å²) in [6, 6.07) is 14.4. The predicted molar refractivity (Wildman–Crippen MR) is 123 cm³/mol. The van der Waals surface area contributed by atoms with E-state index in [0.717, 1.165) is 17.1 Å². The van der Waals surface area contributed by atoms with Crippen molar-refractivity contribution in [3.63, 3.8) is 0 Å². The number of carbonyl (C=O) groups is 1. The third kappa shape index (κ3) is 4.22. The van der Waals surface area contributed by atoms with Crippen molar-refractivity contribution in [1.29, 1.82) is 0 Å². The lowest BCUT2D eigenvalue weighted by Crippen LogP contribution is -2.29. The van der Waals surface area contributed by atoms with Gasteiger partial charge in [0.25, 0.3) is 5.91 Å². The number of carbonyl (C=O) groups excluding carboxylic acids is 1. The molecule has 2 aromatic heterocycles. The molecule has 0 fully saturated rings. The van der Waals surface area contributed by atoms with Crippen molar-refractivity contribution >= 4 is 23.2 Å². The van der Waals surface area contributed by atoms with Crippen molar-refractivity contribution in [2.24, 2.45) is 7.05 Å². The summed E-state index contributed by atoms with van der Waals surface area (Å²) in [7, 11) is 1.88. The zero-order valence-corrected chi connectivity index (χ0v) is 18.5. The molecule has 166 valence electrons. The third-order valence-corrected chi connectivity index (χ3v) is 5.72. The first-order chi connectivity index (χ1) is 16.1. The van der Waals surface area contributed by atoms with Crippen molar-refractivity contribution in [3.8, 4) is 17.3 Å². The normalized spacial score (nSPS) is 14.4. The van der Waals surface area contributed by atoms with Gasteiger partial charge in [0.2, 0.25) is 0 Å². The van der Waals surface area contributed by atoms with Crippen molar-refractivity contribution in [2.75, 3.05) is 11.9 Å². The first kappa shape index (κ1) is 20.9. The molecule has 0 aliphatic carbocycles. The van der Waals surface area contributed by atoms with Gasteiger partial charge in [0.1, 0.15) is 24.4 Å². The molecular formula is C23H20ClN7O2. The van der Waals surface area contributed by atoms with Gasteiger partial charge >= 0.3 is 0 Å². The number of nitrogens with zero attached hydrogens (tertiary/aromatic N) is 5. The number of ether oxygens (including phenoxy) is 1. The van der Waals surface area contributed by atoms with Crippen LogP contribution in [-0.2, 0) is 13.6 Å². The van der Waals surface area contributed by atoms with E-state index in [0.29, 0.717) is 41.0 Å². The predicted octanol–water partition coefficient (Wildman–Crippen LogP) is 3.40. The molecule has 9 nitrogen and oxygen atoms in total. The Morgan fingerprint density at radius 1 is 1.21 bits per heavy atom. The average Bonchev–Trinajstić information content (AvgIpc) is 3.42. The molecular weight excluding hydrogens is 442 g/mol. The average molecular weight is 462 g/mol. The van der Waals surface area contributed by atoms with Gasteiger partial charge in [0.15, 0.2) is 11.6 Å². The van der Waals surface area contributed by atoms with E-state index in [-0.39, 0.29) is 11.9 Å². The van der Waals surface area contributed by atoms with Crippen LogP contribution in [-0.4, -0.2) is 37.2 Å². The molecule has 2 aromatic carbocycles. The summed E-state index contributed by atoms with van der Waals surface area (Å²) >= 11 is 6.18. The highest BCUT2D eigenvalue weighted by atomic mass is 35.5. The summed E-state index contributed by atoms with van der Waals surface area (Å²) < 4.78 is 7.52. The molecule has 1 atom stereocenters. The molecule has 33 heavy (non-hydrogen) atoms. The van der Waals surface area contributed by atoms with Crippen LogP contribution in [0.2, 0.25) is 5.02 Å². The fourth-order valence-corrected chi connectivity index (χ4v) is 3.92. The quantitative estimate of drug-likeness (QED) is 0.453. The number of amides is 1. The molecule has 0 saturated heterocycles. The molecule has 0 spiro atoms. The number of anilines is 1. The highest BCUT2D eigenvalue weighted by molar-refractivity contribution is 6.32. The standard InChI is InChI=1S/C23H20ClN7O2/c1-31-20(29-30-22(31)18-8-9-25-13-27-18)11-26-15-5-2-4-14(10-15)23(32)28-19-12-33-21-16(19)6-3-7-17(21)24/h2-10,13,19,26H,11-12H2,1H3,(H,28,32)/t19-/m1/s1. The molecule has 0 radical (unpaired) electrons. The van der Waals surface area contributed by atoms with Crippen LogP contribution < -0.4 is 15.4 Å². The largest absolute Gasteiger partial charge is 0.489 e. The second-order valence-electron chi connectivity index (χ2n) is 7.52. The fourth-order valence-electron chi connectivity index (χ4n) is 3.68. The van der Waals surface area contributed by atoms with E-state index in [1.807, 2.05) is 35.9 Å². The lowest BCUT2D eigenvalue weighted by atomic mass is 10.1. The Labute approximate surface area is 194 Å². The first-order valence-electron chi connectivity index (χ1n) is 10.3. The van der Waals surface area contributed by atoms with E-state index in [4.69, 9.17) is 16.3 Å². The van der Waals surface area contributed by atoms with Gasteiger partial charge in [-0.1, -0.05) is 29.8 Å². The summed E-state index contributed by atoms with van der Waals surface area (Å²) in [5.74, 6) is 1.83. The van der Waals surface area contributed by atoms with E-state index in [1.54, 1.807) is 30.5 Å². The van der Waals surface area contributed by atoms with Crippen LogP contribution in [0.15, 0.2) is 61.1 Å². The monoisotopic (exact) mass is 461 g/mol. The Morgan fingerprint density at radius 3 is 2.94 bits per heavy atom. The number of aromatic nitrogens is 5. The van der Waals surface area contributed by atoms with Gasteiger partial charge in [-0.25, -0.2) is 9.97 Å². The lowest BCUT2D eigenvalue weighted by Gasteiger charge is -2.13. The van der Waals surface area contributed by atoms with Gasteiger partial charge in [-0.3, -0.25) is 4.79 Å². The molecule has 0 bridgehead atoms. The minimum Gasteiger partial charge on any atom is -0.489 e. The maximum Gasteiger partial charge on any atom is 0.251 e. The molecule has 1 aliphatic rings. The van der Waals surface area contributed by atoms with Gasteiger partial charge in [0.05, 0.1) is 17.6 Å². The zero-order valence-electron chi connectivity index (χ0n) is 17.7. The first-order valence-corrected chi connectivity index (χ1v) is 10.7. The smallest absolute Gasteiger partial charge is 0.251 e. The van der Waals surface area contributed by atoms with Gasteiger partial charge < -0.3 is 19.9 Å². The van der Waals surface area contributed by atoms with Crippen LogP contribution in [0.1, 0.15) is 27.8 Å². The molecule has 2 N–H and O–H groups in total. The maximum absolute atomic E-state index is 12.9. The molecule has 10 heteroatoms. The molecule has 3 heterocycles. The highest BCUT2D eigenvalue weighted by Crippen LogP contribution is 2.38. The highest BCUT2D eigenvalue weighted by Gasteiger charge is 2.27. The minimum absolute atomic E-state index is 0.190. The Kier molecular flexibility index (Phi) is 5.62. The summed E-state index contributed by atoms with van der Waals surface area (Å²) in [6.07, 6.45) is 3.14. The maximum atomic E-state index is 12.9. The Hall–Kier alpha value is -3.98. The number of para-hydroxylation sites is 1. The van der Waals surface area contributed by atoms with E-state index in [1.165, 1.54) is 6.33 Å². The van der Waals surface area contributed by atoms with Crippen LogP contribution in [0, 0.1) is 0 Å². The Balaban J connectivity index is 1.26. The number of hydrogen-bond acceptors (Lipinski definition) is 7. The number of nitrogens with one attached hydrogen (secondary N) is 2. The lowest BCUT2D eigenvalue weighted by molar-refractivity contribution is 0.0930. The second kappa shape index (κ2) is 8.87. The third-order valence-electron chi connectivity index (χ3n) is 5.42. The molecule has 1 amide bonds. The Morgan fingerprint density at radius 2 is 2.09 bits per heavy atom. The molecule has 0 unspecified atom stereocenters. The number of fused-ring (bicyclic) bond motifs is 1. The van der Waals surface area contributed by atoms with E-state index >= 15 is 0 Å². The topological polar surface area (TPSA) is 107 Å². The summed E-state index contributed by atoms with van der Waals surface area (Å²) in [5, 5.41) is 15.3. The number of benzene rings is 2. The van der Waals surface area contributed by atoms with Crippen LogP contribution in [0.3, 0.4) is 0 Å². The second-order valence-corrected chi connectivity index (χ2v) is 7.93. The number of rotatable bonds is 6. The number of hydrogen-bond donors (Lipinski definition) is 2. The fraction of sp³-hybridized carbons (Fsp3) is 0.174. The van der Waals surface area contributed by atoms with Crippen molar-refractivity contribution in [3.05, 3.63) is 83.0 Å². The summed E-state index contributed by atoms with van der Waals surface area (Å²) in [4.78, 5) is 21.0. The molecule has 1 aliphatic heterocycles. The number of halogens is 1. The minimum atomic E-state index is -0.248. The SMILES string of the molecule is Cn1c(CNc2cccc(C(=O)N[C@@H]3COc4c(Cl)cccc43)c2)nnc1-c1ccncn1. The van der Waals surface area contributed by atoms with Crippen LogP contribution in [0.5, 0.6) is 5.75 Å². The molecule has 5 rings (SSSR count). The van der Waals surface area contributed by atoms with Crippen molar-refractivity contribution in [1.82, 2.24) is 30.0 Å². The van der Waals surface area contributed by atoms with E-state index in [9.17, 15) is 4.79 Å². The zero-order chi connectivity index (χ0) is 22.8. The van der Waals surface area contributed by atoms with Crippen molar-refractivity contribution in [2.45, 2.75) is 12.6 Å². The van der Waals surface area contributed by atoms with Gasteiger partial charge in [-0.2, -0.15) is 0 Å². The van der Waals surface area contributed by atoms with Gasteiger partial charge in [0, 0.05) is 30.1 Å². The molecule has 4 aromatic rings. The van der Waals surface area contributed by atoms with E-state index < -0.39 is 0 Å². The van der Waals surface area contributed by atoms with Crippen molar-refractivity contribution < 1.29 is 9.53 Å². The summed E-state index contributed by atoms with van der Waals surface area (Å²) in [6.45, 7) is 0.783. The Bertz CT molecular complexity index is 1310. The van der Waals surface area contributed by atoms with Crippen LogP contribution >= 0.6 is 11.6 Å². The van der Waals surface area contributed by atoms with Gasteiger partial charge in [-0.15, -0.1) is 10.2 Å².